The molecular formula is C13H13F4NO3. The molecule has 1 rings (SSSR count). The summed E-state index contributed by atoms with van der Waals surface area (Å²) in [4.78, 5) is 23.5. The molecule has 0 spiro atoms. The van der Waals surface area contributed by atoms with E-state index in [0.717, 1.165) is 17.0 Å². The fourth-order valence-corrected chi connectivity index (χ4v) is 1.69. The number of hydrogen-bond donors (Lipinski definition) is 1. The number of benzene rings is 1. The van der Waals surface area contributed by atoms with Crippen molar-refractivity contribution >= 4 is 11.9 Å². The zero-order valence-electron chi connectivity index (χ0n) is 11.2. The SMILES string of the molecule is CC(CN(C)C(=O)c1cccc(C(F)(F)F)c1F)C(=O)O. The fraction of sp³-hybridized carbons (Fsp3) is 0.385. The van der Waals surface area contributed by atoms with Crippen LogP contribution in [0.1, 0.15) is 22.8 Å². The highest BCUT2D eigenvalue weighted by Gasteiger charge is 2.36. The van der Waals surface area contributed by atoms with Crippen LogP contribution >= 0.6 is 0 Å². The molecule has 0 heterocycles. The number of halogens is 4. The maximum atomic E-state index is 13.8. The second-order valence-corrected chi connectivity index (χ2v) is 4.59. The molecule has 1 aromatic carbocycles. The van der Waals surface area contributed by atoms with Crippen molar-refractivity contribution in [2.45, 2.75) is 13.1 Å². The lowest BCUT2D eigenvalue weighted by molar-refractivity contribution is -0.141. The fourth-order valence-electron chi connectivity index (χ4n) is 1.69. The largest absolute Gasteiger partial charge is 0.481 e. The first-order valence-corrected chi connectivity index (χ1v) is 5.89. The van der Waals surface area contributed by atoms with Crippen LogP contribution in [0.5, 0.6) is 0 Å². The standard InChI is InChI=1S/C13H13F4NO3/c1-7(12(20)21)6-18(2)11(19)8-4-3-5-9(10(8)14)13(15,16)17/h3-5,7H,6H2,1-2H3,(H,20,21). The Labute approximate surface area is 118 Å². The average Bonchev–Trinajstić information content (AvgIpc) is 2.36. The number of rotatable bonds is 4. The minimum Gasteiger partial charge on any atom is -0.481 e. The number of carbonyl (C=O) groups is 2. The number of amides is 1. The van der Waals surface area contributed by atoms with Crippen LogP contribution in [0, 0.1) is 11.7 Å². The van der Waals surface area contributed by atoms with Gasteiger partial charge in [0.05, 0.1) is 17.0 Å². The van der Waals surface area contributed by atoms with E-state index < -0.39 is 40.9 Å². The zero-order chi connectivity index (χ0) is 16.4. The third kappa shape index (κ3) is 3.93. The molecule has 0 saturated heterocycles. The Morgan fingerprint density at radius 1 is 1.33 bits per heavy atom. The van der Waals surface area contributed by atoms with E-state index in [0.29, 0.717) is 6.07 Å². The summed E-state index contributed by atoms with van der Waals surface area (Å²) < 4.78 is 51.5. The van der Waals surface area contributed by atoms with Crippen molar-refractivity contribution in [1.82, 2.24) is 4.90 Å². The van der Waals surface area contributed by atoms with Gasteiger partial charge >= 0.3 is 12.1 Å². The van der Waals surface area contributed by atoms with Crippen LogP contribution in [0.4, 0.5) is 17.6 Å². The van der Waals surface area contributed by atoms with Gasteiger partial charge in [0, 0.05) is 13.6 Å². The summed E-state index contributed by atoms with van der Waals surface area (Å²) in [5, 5.41) is 8.73. The smallest absolute Gasteiger partial charge is 0.419 e. The monoisotopic (exact) mass is 307 g/mol. The molecule has 1 unspecified atom stereocenters. The van der Waals surface area contributed by atoms with Crippen LogP contribution in [0.15, 0.2) is 18.2 Å². The first kappa shape index (κ1) is 16.9. The van der Waals surface area contributed by atoms with E-state index in [-0.39, 0.29) is 6.54 Å². The second-order valence-electron chi connectivity index (χ2n) is 4.59. The van der Waals surface area contributed by atoms with Crippen LogP contribution in [0.25, 0.3) is 0 Å². The first-order valence-electron chi connectivity index (χ1n) is 5.89. The van der Waals surface area contributed by atoms with Crippen molar-refractivity contribution in [3.05, 3.63) is 35.1 Å². The van der Waals surface area contributed by atoms with Crippen molar-refractivity contribution < 1.29 is 32.3 Å². The van der Waals surface area contributed by atoms with Gasteiger partial charge in [0.2, 0.25) is 0 Å². The summed E-state index contributed by atoms with van der Waals surface area (Å²) in [6.45, 7) is 1.08. The highest BCUT2D eigenvalue weighted by Crippen LogP contribution is 2.32. The van der Waals surface area contributed by atoms with Crippen molar-refractivity contribution in [2.75, 3.05) is 13.6 Å². The molecule has 116 valence electrons. The predicted octanol–water partition coefficient (Wildman–Crippen LogP) is 2.64. The summed E-state index contributed by atoms with van der Waals surface area (Å²) in [6, 6.07) is 2.38. The summed E-state index contributed by atoms with van der Waals surface area (Å²) in [7, 11) is 1.20. The topological polar surface area (TPSA) is 57.6 Å². The minimum absolute atomic E-state index is 0.246. The maximum absolute atomic E-state index is 13.8. The first-order chi connectivity index (χ1) is 9.55. The number of aliphatic carboxylic acids is 1. The molecule has 0 aliphatic heterocycles. The Kier molecular flexibility index (Phi) is 4.93. The van der Waals surface area contributed by atoms with E-state index in [2.05, 4.69) is 0 Å². The van der Waals surface area contributed by atoms with E-state index in [1.165, 1.54) is 14.0 Å². The Balaban J connectivity index is 3.06. The number of carboxylic acids is 1. The lowest BCUT2D eigenvalue weighted by Gasteiger charge is -2.20. The van der Waals surface area contributed by atoms with Gasteiger partial charge in [-0.15, -0.1) is 0 Å². The quantitative estimate of drug-likeness (QED) is 0.870. The molecule has 0 aliphatic carbocycles. The maximum Gasteiger partial charge on any atom is 0.419 e. The lowest BCUT2D eigenvalue weighted by Crippen LogP contribution is -2.34. The molecule has 0 bridgehead atoms. The predicted molar refractivity (Wildman–Crippen MR) is 65.2 cm³/mol. The molecule has 4 nitrogen and oxygen atoms in total. The van der Waals surface area contributed by atoms with E-state index in [1.54, 1.807) is 0 Å². The van der Waals surface area contributed by atoms with Gasteiger partial charge in [0.15, 0.2) is 0 Å². The van der Waals surface area contributed by atoms with Crippen LogP contribution in [-0.4, -0.2) is 35.5 Å². The van der Waals surface area contributed by atoms with E-state index in [4.69, 9.17) is 5.11 Å². The van der Waals surface area contributed by atoms with Gasteiger partial charge in [0.25, 0.3) is 5.91 Å². The summed E-state index contributed by atoms with van der Waals surface area (Å²) >= 11 is 0. The van der Waals surface area contributed by atoms with E-state index in [9.17, 15) is 27.2 Å². The normalized spacial score (nSPS) is 12.9. The third-order valence-electron chi connectivity index (χ3n) is 2.85. The highest BCUT2D eigenvalue weighted by molar-refractivity contribution is 5.94. The molecule has 1 atom stereocenters. The van der Waals surface area contributed by atoms with Crippen molar-refractivity contribution in [3.8, 4) is 0 Å². The van der Waals surface area contributed by atoms with Gasteiger partial charge in [-0.1, -0.05) is 13.0 Å². The molecule has 8 heteroatoms. The molecule has 0 fully saturated rings. The lowest BCUT2D eigenvalue weighted by atomic mass is 10.1. The van der Waals surface area contributed by atoms with Crippen LogP contribution in [0.2, 0.25) is 0 Å². The molecule has 21 heavy (non-hydrogen) atoms. The molecule has 0 aromatic heterocycles. The molecule has 1 amide bonds. The van der Waals surface area contributed by atoms with Crippen LogP contribution in [-0.2, 0) is 11.0 Å². The van der Waals surface area contributed by atoms with Crippen LogP contribution < -0.4 is 0 Å². The molecule has 1 N–H and O–H groups in total. The Morgan fingerprint density at radius 2 is 1.90 bits per heavy atom. The minimum atomic E-state index is -4.91. The Bertz CT molecular complexity index is 557. The average molecular weight is 307 g/mol. The molecule has 1 aromatic rings. The van der Waals surface area contributed by atoms with Crippen molar-refractivity contribution in [1.29, 1.82) is 0 Å². The Hall–Kier alpha value is -2.12. The second kappa shape index (κ2) is 6.11. The van der Waals surface area contributed by atoms with E-state index >= 15 is 0 Å². The van der Waals surface area contributed by atoms with Gasteiger partial charge in [-0.05, 0) is 12.1 Å². The van der Waals surface area contributed by atoms with Crippen molar-refractivity contribution in [3.63, 3.8) is 0 Å². The van der Waals surface area contributed by atoms with Crippen LogP contribution in [0.3, 0.4) is 0 Å². The number of carbonyl (C=O) groups excluding carboxylic acids is 1. The summed E-state index contributed by atoms with van der Waals surface area (Å²) in [6.07, 6.45) is -4.91. The van der Waals surface area contributed by atoms with E-state index in [1.807, 2.05) is 0 Å². The van der Waals surface area contributed by atoms with Gasteiger partial charge in [-0.2, -0.15) is 13.2 Å². The zero-order valence-corrected chi connectivity index (χ0v) is 11.2. The van der Waals surface area contributed by atoms with Gasteiger partial charge < -0.3 is 10.0 Å². The number of hydrogen-bond acceptors (Lipinski definition) is 2. The number of nitrogens with zero attached hydrogens (tertiary/aromatic N) is 1. The van der Waals surface area contributed by atoms with Gasteiger partial charge in [-0.3, -0.25) is 9.59 Å². The van der Waals surface area contributed by atoms with Gasteiger partial charge in [0.1, 0.15) is 5.82 Å². The molecule has 0 radical (unpaired) electrons. The molecule has 0 saturated carbocycles. The molecular weight excluding hydrogens is 294 g/mol. The summed E-state index contributed by atoms with van der Waals surface area (Å²) in [5.74, 6) is -4.76. The van der Waals surface area contributed by atoms with Crippen molar-refractivity contribution in [2.24, 2.45) is 5.92 Å². The van der Waals surface area contributed by atoms with Gasteiger partial charge in [-0.25, -0.2) is 4.39 Å². The third-order valence-corrected chi connectivity index (χ3v) is 2.85. The molecule has 0 aliphatic rings. The number of carboxylic acid groups (broad SMARTS) is 1. The highest BCUT2D eigenvalue weighted by atomic mass is 19.4. The summed E-state index contributed by atoms with van der Waals surface area (Å²) in [5.41, 5.74) is -2.28. The number of alkyl halides is 3. The Morgan fingerprint density at radius 3 is 2.38 bits per heavy atom.